The van der Waals surface area contributed by atoms with Crippen molar-refractivity contribution < 1.29 is 21.6 Å². The summed E-state index contributed by atoms with van der Waals surface area (Å²) in [5.74, 6) is 0. The molecule has 0 radical (unpaired) electrons. The van der Waals surface area contributed by atoms with E-state index < -0.39 is 27.8 Å². The van der Waals surface area contributed by atoms with Crippen LogP contribution in [-0.4, -0.2) is 20.7 Å². The number of hydrogen-bond acceptors (Lipinski definition) is 2. The Morgan fingerprint density at radius 3 is 2.32 bits per heavy atom. The van der Waals surface area contributed by atoms with Crippen molar-refractivity contribution in [2.45, 2.75) is 32.0 Å². The van der Waals surface area contributed by atoms with Crippen LogP contribution in [0.3, 0.4) is 0 Å². The molecular formula is C12H16F3NO2S. The number of hydrogen-bond donors (Lipinski definition) is 1. The van der Waals surface area contributed by atoms with E-state index in [2.05, 4.69) is 4.72 Å². The second kappa shape index (κ2) is 5.92. The number of rotatable bonds is 5. The maximum absolute atomic E-state index is 12.8. The van der Waals surface area contributed by atoms with Crippen LogP contribution in [0.1, 0.15) is 24.5 Å². The normalized spacial score (nSPS) is 14.4. The molecule has 0 bridgehead atoms. The summed E-state index contributed by atoms with van der Waals surface area (Å²) in [5, 5.41) is 0. The Morgan fingerprint density at radius 2 is 1.84 bits per heavy atom. The molecule has 1 rings (SSSR count). The van der Waals surface area contributed by atoms with Crippen LogP contribution in [0.15, 0.2) is 24.3 Å². The van der Waals surface area contributed by atoms with Crippen LogP contribution in [0, 0.1) is 0 Å². The summed E-state index contributed by atoms with van der Waals surface area (Å²) in [6.07, 6.45) is -3.01. The van der Waals surface area contributed by atoms with Gasteiger partial charge in [-0.1, -0.05) is 25.1 Å². The van der Waals surface area contributed by atoms with Crippen LogP contribution < -0.4 is 4.72 Å². The van der Waals surface area contributed by atoms with Gasteiger partial charge in [0.25, 0.3) is 0 Å². The molecule has 1 atom stereocenters. The first-order valence-corrected chi connectivity index (χ1v) is 7.65. The van der Waals surface area contributed by atoms with Gasteiger partial charge in [-0.05, 0) is 24.5 Å². The molecule has 19 heavy (non-hydrogen) atoms. The van der Waals surface area contributed by atoms with Gasteiger partial charge in [0.2, 0.25) is 10.0 Å². The summed E-state index contributed by atoms with van der Waals surface area (Å²) in [7, 11) is -3.44. The van der Waals surface area contributed by atoms with E-state index in [4.69, 9.17) is 0 Å². The molecule has 1 aromatic carbocycles. The van der Waals surface area contributed by atoms with Gasteiger partial charge in [-0.25, -0.2) is 13.1 Å². The fourth-order valence-corrected chi connectivity index (χ4v) is 2.67. The molecule has 3 nitrogen and oxygen atoms in total. The molecule has 0 saturated heterocycles. The Balaban J connectivity index is 2.98. The molecule has 7 heteroatoms. The zero-order valence-corrected chi connectivity index (χ0v) is 11.5. The first-order chi connectivity index (χ1) is 8.63. The van der Waals surface area contributed by atoms with Crippen molar-refractivity contribution in [3.8, 4) is 0 Å². The van der Waals surface area contributed by atoms with Crippen LogP contribution in [0.2, 0.25) is 0 Å². The lowest BCUT2D eigenvalue weighted by Gasteiger charge is -2.18. The molecule has 0 heterocycles. The highest BCUT2D eigenvalue weighted by Crippen LogP contribution is 2.32. The van der Waals surface area contributed by atoms with Crippen molar-refractivity contribution in [3.63, 3.8) is 0 Å². The largest absolute Gasteiger partial charge is 0.416 e. The molecular weight excluding hydrogens is 279 g/mol. The number of halogens is 3. The number of alkyl halides is 3. The van der Waals surface area contributed by atoms with E-state index in [0.717, 1.165) is 12.3 Å². The van der Waals surface area contributed by atoms with Crippen molar-refractivity contribution in [3.05, 3.63) is 35.4 Å². The Hall–Kier alpha value is -1.08. The molecule has 1 N–H and O–H groups in total. The summed E-state index contributed by atoms with van der Waals surface area (Å²) in [6.45, 7) is 1.72. The molecule has 1 aromatic rings. The molecule has 108 valence electrons. The summed E-state index contributed by atoms with van der Waals surface area (Å²) < 4.78 is 63.0. The highest BCUT2D eigenvalue weighted by molar-refractivity contribution is 7.88. The summed E-state index contributed by atoms with van der Waals surface area (Å²) in [5.41, 5.74) is -0.623. The average Bonchev–Trinajstić information content (AvgIpc) is 2.25. The maximum Gasteiger partial charge on any atom is 0.416 e. The lowest BCUT2D eigenvalue weighted by Crippen LogP contribution is -2.35. The van der Waals surface area contributed by atoms with Crippen molar-refractivity contribution >= 4 is 10.0 Å². The number of benzene rings is 1. The quantitative estimate of drug-likeness (QED) is 0.907. The standard InChI is InChI=1S/C12H16F3NO2S/c1-3-10(16-19(2,17)18)8-9-6-4-5-7-11(9)12(13,14)15/h4-7,10,16H,3,8H2,1-2H3. The minimum absolute atomic E-state index is 0.0131. The third-order valence-corrected chi connectivity index (χ3v) is 3.42. The predicted molar refractivity (Wildman–Crippen MR) is 67.2 cm³/mol. The molecule has 0 amide bonds. The van der Waals surface area contributed by atoms with Crippen LogP contribution >= 0.6 is 0 Å². The van der Waals surface area contributed by atoms with Gasteiger partial charge in [-0.3, -0.25) is 0 Å². The molecule has 0 aliphatic rings. The molecule has 0 fully saturated rings. The first kappa shape index (κ1) is 16.0. The monoisotopic (exact) mass is 295 g/mol. The third kappa shape index (κ3) is 5.20. The fourth-order valence-electron chi connectivity index (χ4n) is 1.81. The zero-order valence-electron chi connectivity index (χ0n) is 10.7. The van der Waals surface area contributed by atoms with Crippen LogP contribution in [0.5, 0.6) is 0 Å². The Labute approximate surface area is 110 Å². The van der Waals surface area contributed by atoms with E-state index in [1.807, 2.05) is 0 Å². The summed E-state index contributed by atoms with van der Waals surface area (Å²) in [6, 6.07) is 4.66. The van der Waals surface area contributed by atoms with Gasteiger partial charge in [-0.15, -0.1) is 0 Å². The van der Waals surface area contributed by atoms with E-state index in [-0.39, 0.29) is 12.0 Å². The zero-order chi connectivity index (χ0) is 14.7. The Kier molecular flexibility index (Phi) is 4.98. The highest BCUT2D eigenvalue weighted by Gasteiger charge is 2.33. The summed E-state index contributed by atoms with van der Waals surface area (Å²) >= 11 is 0. The van der Waals surface area contributed by atoms with Crippen molar-refractivity contribution in [1.82, 2.24) is 4.72 Å². The van der Waals surface area contributed by atoms with Crippen molar-refractivity contribution in [2.24, 2.45) is 0 Å². The van der Waals surface area contributed by atoms with Crippen LogP contribution in [0.25, 0.3) is 0 Å². The highest BCUT2D eigenvalue weighted by atomic mass is 32.2. The average molecular weight is 295 g/mol. The maximum atomic E-state index is 12.8. The second-order valence-corrected chi connectivity index (χ2v) is 6.13. The predicted octanol–water partition coefficient (Wildman–Crippen LogP) is 2.58. The fraction of sp³-hybridized carbons (Fsp3) is 0.500. The first-order valence-electron chi connectivity index (χ1n) is 5.76. The molecule has 0 spiro atoms. The Morgan fingerprint density at radius 1 is 1.26 bits per heavy atom. The van der Waals surface area contributed by atoms with Gasteiger partial charge in [0.15, 0.2) is 0 Å². The number of sulfonamides is 1. The molecule has 1 unspecified atom stereocenters. The van der Waals surface area contributed by atoms with Crippen molar-refractivity contribution in [2.75, 3.05) is 6.26 Å². The second-order valence-electron chi connectivity index (χ2n) is 4.35. The van der Waals surface area contributed by atoms with Crippen LogP contribution in [-0.2, 0) is 22.6 Å². The topological polar surface area (TPSA) is 46.2 Å². The van der Waals surface area contributed by atoms with Gasteiger partial charge >= 0.3 is 6.18 Å². The molecule has 0 aliphatic heterocycles. The minimum atomic E-state index is -4.43. The summed E-state index contributed by atoms with van der Waals surface area (Å²) in [4.78, 5) is 0. The van der Waals surface area contributed by atoms with Crippen LogP contribution in [0.4, 0.5) is 13.2 Å². The van der Waals surface area contributed by atoms with E-state index in [9.17, 15) is 21.6 Å². The van der Waals surface area contributed by atoms with Gasteiger partial charge in [0, 0.05) is 6.04 Å². The lowest BCUT2D eigenvalue weighted by molar-refractivity contribution is -0.138. The third-order valence-electron chi connectivity index (χ3n) is 2.66. The SMILES string of the molecule is CCC(Cc1ccccc1C(F)(F)F)NS(C)(=O)=O. The lowest BCUT2D eigenvalue weighted by atomic mass is 9.99. The molecule has 0 saturated carbocycles. The van der Waals surface area contributed by atoms with Gasteiger partial charge in [0.05, 0.1) is 11.8 Å². The van der Waals surface area contributed by atoms with Gasteiger partial charge in [0.1, 0.15) is 0 Å². The van der Waals surface area contributed by atoms with Gasteiger partial charge in [-0.2, -0.15) is 13.2 Å². The number of nitrogens with one attached hydrogen (secondary N) is 1. The minimum Gasteiger partial charge on any atom is -0.213 e. The van der Waals surface area contributed by atoms with E-state index in [1.54, 1.807) is 6.92 Å². The van der Waals surface area contributed by atoms with E-state index in [0.29, 0.717) is 6.42 Å². The van der Waals surface area contributed by atoms with E-state index in [1.165, 1.54) is 18.2 Å². The molecule has 0 aliphatic carbocycles. The van der Waals surface area contributed by atoms with E-state index >= 15 is 0 Å². The smallest absolute Gasteiger partial charge is 0.213 e. The van der Waals surface area contributed by atoms with Gasteiger partial charge < -0.3 is 0 Å². The Bertz CT molecular complexity index is 526. The molecule has 0 aromatic heterocycles. The van der Waals surface area contributed by atoms with Crippen molar-refractivity contribution in [1.29, 1.82) is 0 Å².